The Kier molecular flexibility index (Phi) is 4.58. The number of amides is 1. The number of H-pyrrole nitrogens is 1. The van der Waals surface area contributed by atoms with Crippen LogP contribution in [0.1, 0.15) is 12.0 Å². The number of carbonyl (C=O) groups is 1. The lowest BCUT2D eigenvalue weighted by Crippen LogP contribution is -2.51. The van der Waals surface area contributed by atoms with Gasteiger partial charge in [-0.3, -0.25) is 19.8 Å². The molecule has 1 aliphatic rings. The van der Waals surface area contributed by atoms with Crippen molar-refractivity contribution in [3.63, 3.8) is 0 Å². The molecule has 6 nitrogen and oxygen atoms in total. The number of carbonyl (C=O) groups excluding carboxylic acids is 1. The molecule has 28 heavy (non-hydrogen) atoms. The van der Waals surface area contributed by atoms with Crippen LogP contribution in [0, 0.1) is 11.9 Å². The topological polar surface area (TPSA) is 74.8 Å². The zero-order valence-corrected chi connectivity index (χ0v) is 14.6. The molecule has 0 unspecified atom stereocenters. The summed E-state index contributed by atoms with van der Waals surface area (Å²) in [6.07, 6.45) is 3.94. The number of hydrogen-bond donors (Lipinski definition) is 1. The molecule has 144 valence electrons. The molecule has 3 aromatic heterocycles. The highest BCUT2D eigenvalue weighted by Gasteiger charge is 2.46. The first-order chi connectivity index (χ1) is 13.4. The maximum atomic E-state index is 14.3. The molecule has 3 aromatic rings. The van der Waals surface area contributed by atoms with Crippen LogP contribution in [0.25, 0.3) is 11.3 Å². The van der Waals surface area contributed by atoms with Crippen LogP contribution >= 0.6 is 0 Å². The van der Waals surface area contributed by atoms with Crippen LogP contribution in [0.3, 0.4) is 0 Å². The van der Waals surface area contributed by atoms with Crippen molar-refractivity contribution in [3.05, 3.63) is 60.4 Å². The number of hydrogen-bond acceptors (Lipinski definition) is 4. The molecular weight excluding hydrogens is 371 g/mol. The zero-order chi connectivity index (χ0) is 19.7. The van der Waals surface area contributed by atoms with Crippen molar-refractivity contribution >= 4 is 11.7 Å². The van der Waals surface area contributed by atoms with Crippen molar-refractivity contribution in [2.45, 2.75) is 18.8 Å². The fourth-order valence-corrected chi connectivity index (χ4v) is 3.34. The van der Waals surface area contributed by atoms with Gasteiger partial charge in [0.05, 0.1) is 12.2 Å². The molecule has 4 heterocycles. The lowest BCUT2D eigenvalue weighted by Gasteiger charge is -2.36. The SMILES string of the molecule is O=C1[C@H](Cc2ccc(F)nc2)CC(F)(F)CN1c1cc(-c2ccncc2)n[nH]1. The van der Waals surface area contributed by atoms with E-state index in [2.05, 4.69) is 20.2 Å². The predicted molar refractivity (Wildman–Crippen MR) is 95.1 cm³/mol. The van der Waals surface area contributed by atoms with Gasteiger partial charge in [-0.15, -0.1) is 0 Å². The van der Waals surface area contributed by atoms with Gasteiger partial charge < -0.3 is 0 Å². The third-order valence-corrected chi connectivity index (χ3v) is 4.65. The second-order valence-electron chi connectivity index (χ2n) is 6.75. The second-order valence-corrected chi connectivity index (χ2v) is 6.75. The summed E-state index contributed by atoms with van der Waals surface area (Å²) in [6, 6.07) is 7.62. The highest BCUT2D eigenvalue weighted by atomic mass is 19.3. The van der Waals surface area contributed by atoms with Crippen molar-refractivity contribution < 1.29 is 18.0 Å². The molecule has 9 heteroatoms. The lowest BCUT2D eigenvalue weighted by molar-refractivity contribution is -0.132. The van der Waals surface area contributed by atoms with Crippen LogP contribution in [-0.2, 0) is 11.2 Å². The molecule has 1 saturated heterocycles. The largest absolute Gasteiger partial charge is 0.291 e. The number of aromatic amines is 1. The van der Waals surface area contributed by atoms with E-state index in [0.717, 1.165) is 16.5 Å². The van der Waals surface area contributed by atoms with Gasteiger partial charge in [0, 0.05) is 42.6 Å². The first-order valence-electron chi connectivity index (χ1n) is 8.67. The fraction of sp³-hybridized carbons (Fsp3) is 0.263. The summed E-state index contributed by atoms with van der Waals surface area (Å²) in [6.45, 7) is -0.720. The molecule has 0 spiro atoms. The quantitative estimate of drug-likeness (QED) is 0.698. The van der Waals surface area contributed by atoms with Gasteiger partial charge in [-0.25, -0.2) is 13.8 Å². The molecular formula is C19H16F3N5O. The molecule has 0 aromatic carbocycles. The van der Waals surface area contributed by atoms with E-state index in [4.69, 9.17) is 0 Å². The maximum absolute atomic E-state index is 14.3. The highest BCUT2D eigenvalue weighted by Crippen LogP contribution is 2.35. The van der Waals surface area contributed by atoms with E-state index in [1.54, 1.807) is 30.6 Å². The Morgan fingerprint density at radius 1 is 1.21 bits per heavy atom. The molecule has 0 aliphatic carbocycles. The van der Waals surface area contributed by atoms with Crippen molar-refractivity contribution in [2.75, 3.05) is 11.4 Å². The van der Waals surface area contributed by atoms with E-state index in [1.165, 1.54) is 12.3 Å². The standard InChI is InChI=1S/C19H16F3N5O/c20-16-2-1-12(10-24-16)7-14-9-19(21,22)11-27(18(14)28)17-8-15(25-26-17)13-3-5-23-6-4-13/h1-6,8,10,14H,7,9,11H2,(H,25,26)/t14-/m1/s1. The number of halogens is 3. The van der Waals surface area contributed by atoms with Gasteiger partial charge in [0.1, 0.15) is 5.82 Å². The van der Waals surface area contributed by atoms with Crippen molar-refractivity contribution in [1.29, 1.82) is 0 Å². The van der Waals surface area contributed by atoms with Gasteiger partial charge in [-0.2, -0.15) is 9.49 Å². The number of pyridine rings is 2. The Balaban J connectivity index is 1.59. The summed E-state index contributed by atoms with van der Waals surface area (Å²) >= 11 is 0. The van der Waals surface area contributed by atoms with Gasteiger partial charge in [0.25, 0.3) is 5.92 Å². The minimum Gasteiger partial charge on any atom is -0.291 e. The Bertz CT molecular complexity index is 975. The van der Waals surface area contributed by atoms with E-state index in [0.29, 0.717) is 11.3 Å². The van der Waals surface area contributed by atoms with Crippen LogP contribution in [0.5, 0.6) is 0 Å². The molecule has 1 fully saturated rings. The van der Waals surface area contributed by atoms with E-state index in [-0.39, 0.29) is 12.2 Å². The Morgan fingerprint density at radius 2 is 2.00 bits per heavy atom. The summed E-state index contributed by atoms with van der Waals surface area (Å²) in [5.41, 5.74) is 1.81. The average Bonchev–Trinajstić information content (AvgIpc) is 3.17. The summed E-state index contributed by atoms with van der Waals surface area (Å²) in [5, 5.41) is 6.79. The molecule has 0 radical (unpaired) electrons. The molecule has 0 saturated carbocycles. The number of alkyl halides is 2. The molecule has 1 N–H and O–H groups in total. The normalized spacial score (nSPS) is 19.0. The summed E-state index contributed by atoms with van der Waals surface area (Å²) in [4.78, 5) is 21.3. The monoisotopic (exact) mass is 387 g/mol. The number of nitrogens with one attached hydrogen (secondary N) is 1. The van der Waals surface area contributed by atoms with Crippen LogP contribution in [0.15, 0.2) is 48.9 Å². The Hall–Kier alpha value is -3.23. The number of rotatable bonds is 4. The van der Waals surface area contributed by atoms with E-state index in [1.807, 2.05) is 0 Å². The third kappa shape index (κ3) is 3.73. The van der Waals surface area contributed by atoms with E-state index >= 15 is 0 Å². The summed E-state index contributed by atoms with van der Waals surface area (Å²) in [7, 11) is 0. The number of aromatic nitrogens is 4. The van der Waals surface area contributed by atoms with Crippen LogP contribution in [-0.4, -0.2) is 38.5 Å². The summed E-state index contributed by atoms with van der Waals surface area (Å²) in [5.74, 6) is -4.87. The molecule has 1 atom stereocenters. The third-order valence-electron chi connectivity index (χ3n) is 4.65. The molecule has 0 bridgehead atoms. The Labute approximate surface area is 158 Å². The first-order valence-corrected chi connectivity index (χ1v) is 8.67. The average molecular weight is 387 g/mol. The smallest absolute Gasteiger partial charge is 0.266 e. The molecule has 4 rings (SSSR count). The Morgan fingerprint density at radius 3 is 2.71 bits per heavy atom. The van der Waals surface area contributed by atoms with Gasteiger partial charge >= 0.3 is 0 Å². The highest BCUT2D eigenvalue weighted by molar-refractivity contribution is 5.96. The van der Waals surface area contributed by atoms with E-state index < -0.39 is 36.7 Å². The maximum Gasteiger partial charge on any atom is 0.266 e. The van der Waals surface area contributed by atoms with Gasteiger partial charge in [-0.05, 0) is 30.2 Å². The van der Waals surface area contributed by atoms with Crippen LogP contribution in [0.4, 0.5) is 19.0 Å². The first kappa shape index (κ1) is 18.1. The second kappa shape index (κ2) is 7.06. The van der Waals surface area contributed by atoms with Gasteiger partial charge in [0.15, 0.2) is 0 Å². The van der Waals surface area contributed by atoms with Crippen LogP contribution < -0.4 is 4.90 Å². The molecule has 1 amide bonds. The van der Waals surface area contributed by atoms with Crippen molar-refractivity contribution in [1.82, 2.24) is 20.2 Å². The minimum absolute atomic E-state index is 0.0591. The van der Waals surface area contributed by atoms with Crippen LogP contribution in [0.2, 0.25) is 0 Å². The summed E-state index contributed by atoms with van der Waals surface area (Å²) < 4.78 is 41.7. The van der Waals surface area contributed by atoms with E-state index in [9.17, 15) is 18.0 Å². The van der Waals surface area contributed by atoms with Crippen molar-refractivity contribution in [3.8, 4) is 11.3 Å². The van der Waals surface area contributed by atoms with Gasteiger partial charge in [-0.1, -0.05) is 6.07 Å². The zero-order valence-electron chi connectivity index (χ0n) is 14.6. The fourth-order valence-electron chi connectivity index (χ4n) is 3.34. The number of anilines is 1. The minimum atomic E-state index is -3.05. The number of piperidine rings is 1. The van der Waals surface area contributed by atoms with Crippen molar-refractivity contribution in [2.24, 2.45) is 5.92 Å². The predicted octanol–water partition coefficient (Wildman–Crippen LogP) is 3.24. The molecule has 1 aliphatic heterocycles. The lowest BCUT2D eigenvalue weighted by atomic mass is 9.89. The van der Waals surface area contributed by atoms with Gasteiger partial charge in [0.2, 0.25) is 11.9 Å². The number of nitrogens with zero attached hydrogens (tertiary/aromatic N) is 4.